The lowest BCUT2D eigenvalue weighted by Crippen LogP contribution is -1.96. The zero-order valence-corrected chi connectivity index (χ0v) is 8.41. The molecule has 0 aromatic heterocycles. The third-order valence-electron chi connectivity index (χ3n) is 1.12. The summed E-state index contributed by atoms with van der Waals surface area (Å²) >= 11 is 0. The van der Waals surface area contributed by atoms with Crippen LogP contribution in [-0.4, -0.2) is 24.7 Å². The van der Waals surface area contributed by atoms with Crippen LogP contribution in [0.2, 0.25) is 0 Å². The summed E-state index contributed by atoms with van der Waals surface area (Å²) in [5.74, 6) is 0. The minimum absolute atomic E-state index is 0.0116. The standard InChI is InChI=1S/C5H11O4PS/c1-5(11(4)7)10(6,8-2)9-3/h1H2,2-4H3. The van der Waals surface area contributed by atoms with Gasteiger partial charge in [-0.3, -0.25) is 8.77 Å². The van der Waals surface area contributed by atoms with E-state index in [4.69, 9.17) is 0 Å². The number of rotatable bonds is 4. The van der Waals surface area contributed by atoms with Gasteiger partial charge in [-0.1, -0.05) is 6.58 Å². The average Bonchev–Trinajstić information content (AvgIpc) is 2.01. The Morgan fingerprint density at radius 3 is 1.91 bits per heavy atom. The lowest BCUT2D eigenvalue weighted by atomic mass is 11.3. The molecule has 0 rings (SSSR count). The van der Waals surface area contributed by atoms with Crippen LogP contribution in [0.4, 0.5) is 0 Å². The SMILES string of the molecule is C=C(S(C)=O)P(=O)(OC)OC. The predicted octanol–water partition coefficient (Wildman–Crippen LogP) is 1.32. The van der Waals surface area contributed by atoms with E-state index < -0.39 is 18.4 Å². The van der Waals surface area contributed by atoms with E-state index >= 15 is 0 Å². The van der Waals surface area contributed by atoms with Crippen molar-refractivity contribution in [2.24, 2.45) is 0 Å². The van der Waals surface area contributed by atoms with Crippen molar-refractivity contribution in [1.29, 1.82) is 0 Å². The molecule has 0 N–H and O–H groups in total. The minimum atomic E-state index is -3.32. The minimum Gasteiger partial charge on any atom is -0.308 e. The van der Waals surface area contributed by atoms with Crippen molar-refractivity contribution < 1.29 is 17.8 Å². The van der Waals surface area contributed by atoms with Crippen LogP contribution in [0.5, 0.6) is 0 Å². The second kappa shape index (κ2) is 4.16. The van der Waals surface area contributed by atoms with Crippen LogP contribution in [0, 0.1) is 0 Å². The molecule has 0 spiro atoms. The summed E-state index contributed by atoms with van der Waals surface area (Å²) < 4.78 is 31.2. The van der Waals surface area contributed by atoms with E-state index in [0.717, 1.165) is 0 Å². The Bertz CT molecular complexity index is 217. The highest BCUT2D eigenvalue weighted by atomic mass is 32.2. The van der Waals surface area contributed by atoms with Gasteiger partial charge in [0.05, 0.1) is 10.8 Å². The molecule has 0 aromatic carbocycles. The molecular weight excluding hydrogens is 187 g/mol. The third-order valence-corrected chi connectivity index (χ3v) is 4.80. The van der Waals surface area contributed by atoms with Gasteiger partial charge in [0.1, 0.15) is 4.65 Å². The van der Waals surface area contributed by atoms with Crippen LogP contribution in [0.25, 0.3) is 0 Å². The highest BCUT2D eigenvalue weighted by molar-refractivity contribution is 7.97. The fraction of sp³-hybridized carbons (Fsp3) is 0.600. The summed E-state index contributed by atoms with van der Waals surface area (Å²) in [7, 11) is -2.26. The van der Waals surface area contributed by atoms with Gasteiger partial charge in [0, 0.05) is 20.5 Å². The molecule has 0 radical (unpaired) electrons. The van der Waals surface area contributed by atoms with Crippen molar-refractivity contribution in [1.82, 2.24) is 0 Å². The smallest absolute Gasteiger partial charge is 0.308 e. The van der Waals surface area contributed by atoms with E-state index in [1.807, 2.05) is 0 Å². The molecule has 0 aromatic rings. The van der Waals surface area contributed by atoms with E-state index in [9.17, 15) is 8.77 Å². The van der Waals surface area contributed by atoms with Crippen molar-refractivity contribution in [3.8, 4) is 0 Å². The molecular formula is C5H11O4PS. The van der Waals surface area contributed by atoms with Crippen molar-refractivity contribution in [3.63, 3.8) is 0 Å². The van der Waals surface area contributed by atoms with Gasteiger partial charge in [0.15, 0.2) is 0 Å². The first-order valence-electron chi connectivity index (χ1n) is 2.72. The Hall–Kier alpha value is 0.0400. The van der Waals surface area contributed by atoms with Gasteiger partial charge < -0.3 is 9.05 Å². The Labute approximate surface area is 68.6 Å². The van der Waals surface area contributed by atoms with Crippen molar-refractivity contribution in [3.05, 3.63) is 11.2 Å². The molecule has 66 valence electrons. The highest BCUT2D eigenvalue weighted by Gasteiger charge is 2.28. The van der Waals surface area contributed by atoms with Gasteiger partial charge in [-0.2, -0.15) is 0 Å². The van der Waals surface area contributed by atoms with E-state index in [-0.39, 0.29) is 4.65 Å². The Balaban J connectivity index is 4.66. The zero-order valence-electron chi connectivity index (χ0n) is 6.70. The maximum Gasteiger partial charge on any atom is 0.369 e. The molecule has 6 heteroatoms. The van der Waals surface area contributed by atoms with Gasteiger partial charge in [0.25, 0.3) is 0 Å². The van der Waals surface area contributed by atoms with Crippen molar-refractivity contribution in [2.75, 3.05) is 20.5 Å². The Morgan fingerprint density at radius 2 is 1.82 bits per heavy atom. The summed E-state index contributed by atoms with van der Waals surface area (Å²) in [6.45, 7) is 3.35. The fourth-order valence-corrected chi connectivity index (χ4v) is 2.70. The fourth-order valence-electron chi connectivity index (χ4n) is 0.436. The van der Waals surface area contributed by atoms with Crippen LogP contribution in [0.1, 0.15) is 0 Å². The predicted molar refractivity (Wildman–Crippen MR) is 44.8 cm³/mol. The lowest BCUT2D eigenvalue weighted by Gasteiger charge is -2.13. The molecule has 0 fully saturated rings. The molecule has 1 atom stereocenters. The summed E-state index contributed by atoms with van der Waals surface area (Å²) in [4.78, 5) is 0. The molecule has 0 saturated heterocycles. The van der Waals surface area contributed by atoms with Crippen molar-refractivity contribution in [2.45, 2.75) is 0 Å². The molecule has 11 heavy (non-hydrogen) atoms. The summed E-state index contributed by atoms with van der Waals surface area (Å²) in [6.07, 6.45) is 1.37. The summed E-state index contributed by atoms with van der Waals surface area (Å²) in [6, 6.07) is 0. The largest absolute Gasteiger partial charge is 0.369 e. The van der Waals surface area contributed by atoms with Gasteiger partial charge in [-0.05, 0) is 0 Å². The van der Waals surface area contributed by atoms with Gasteiger partial charge >= 0.3 is 7.60 Å². The van der Waals surface area contributed by atoms with E-state index in [2.05, 4.69) is 15.6 Å². The molecule has 0 aliphatic rings. The van der Waals surface area contributed by atoms with Crippen LogP contribution in [-0.2, 0) is 24.4 Å². The summed E-state index contributed by atoms with van der Waals surface area (Å²) in [5.41, 5.74) is 0. The van der Waals surface area contributed by atoms with Gasteiger partial charge in [-0.25, -0.2) is 0 Å². The van der Waals surface area contributed by atoms with Crippen LogP contribution < -0.4 is 0 Å². The van der Waals surface area contributed by atoms with Crippen LogP contribution >= 0.6 is 7.60 Å². The molecule has 0 aliphatic carbocycles. The molecule has 0 bridgehead atoms. The Kier molecular flexibility index (Phi) is 4.18. The van der Waals surface area contributed by atoms with Gasteiger partial charge in [-0.15, -0.1) is 0 Å². The maximum atomic E-state index is 11.4. The van der Waals surface area contributed by atoms with E-state index in [1.54, 1.807) is 0 Å². The van der Waals surface area contributed by atoms with E-state index in [0.29, 0.717) is 0 Å². The van der Waals surface area contributed by atoms with Crippen molar-refractivity contribution >= 4 is 18.4 Å². The Morgan fingerprint density at radius 1 is 1.45 bits per heavy atom. The molecule has 0 saturated carbocycles. The topological polar surface area (TPSA) is 52.6 Å². The van der Waals surface area contributed by atoms with Crippen LogP contribution in [0.3, 0.4) is 0 Å². The highest BCUT2D eigenvalue weighted by Crippen LogP contribution is 2.54. The average molecular weight is 198 g/mol. The first-order valence-corrected chi connectivity index (χ1v) is 5.82. The van der Waals surface area contributed by atoms with Crippen LogP contribution in [0.15, 0.2) is 11.2 Å². The quantitative estimate of drug-likeness (QED) is 0.639. The van der Waals surface area contributed by atoms with Gasteiger partial charge in [0.2, 0.25) is 0 Å². The second-order valence-electron chi connectivity index (χ2n) is 1.71. The van der Waals surface area contributed by atoms with E-state index in [1.165, 1.54) is 20.5 Å². The monoisotopic (exact) mass is 198 g/mol. The normalized spacial score (nSPS) is 14.5. The number of hydrogen-bond acceptors (Lipinski definition) is 4. The first kappa shape index (κ1) is 11.0. The molecule has 4 nitrogen and oxygen atoms in total. The maximum absolute atomic E-state index is 11.4. The number of hydrogen-bond donors (Lipinski definition) is 0. The molecule has 0 heterocycles. The zero-order chi connectivity index (χ0) is 9.07. The third kappa shape index (κ3) is 2.52. The first-order chi connectivity index (χ1) is 4.98. The lowest BCUT2D eigenvalue weighted by molar-refractivity contribution is 0.285. The molecule has 0 aliphatic heterocycles. The molecule has 1 unspecified atom stereocenters. The molecule has 0 amide bonds. The summed E-state index contributed by atoms with van der Waals surface area (Å²) in [5, 5.41) is 0. The second-order valence-corrected chi connectivity index (χ2v) is 5.68.